The van der Waals surface area contributed by atoms with Crippen LogP contribution in [0.3, 0.4) is 0 Å². The summed E-state index contributed by atoms with van der Waals surface area (Å²) in [6.07, 6.45) is 3.37. The highest BCUT2D eigenvalue weighted by molar-refractivity contribution is 5.78. The van der Waals surface area contributed by atoms with Crippen LogP contribution in [0.4, 0.5) is 0 Å². The third-order valence-corrected chi connectivity index (χ3v) is 4.10. The normalized spacial score (nSPS) is 12.3. The molecule has 106 valence electrons. The fourth-order valence-corrected chi connectivity index (χ4v) is 2.57. The minimum absolute atomic E-state index is 0.362. The fourth-order valence-electron chi connectivity index (χ4n) is 2.57. The van der Waals surface area contributed by atoms with E-state index in [1.54, 1.807) is 7.11 Å². The van der Waals surface area contributed by atoms with E-state index in [1.165, 1.54) is 16.7 Å². The lowest BCUT2D eigenvalue weighted by Gasteiger charge is -2.20. The smallest absolute Gasteiger partial charge is 0.132 e. The van der Waals surface area contributed by atoms with E-state index in [2.05, 4.69) is 26.8 Å². The molecule has 1 atom stereocenters. The molecule has 0 saturated carbocycles. The summed E-state index contributed by atoms with van der Waals surface area (Å²) in [5.74, 6) is 1.78. The molecular formula is C17H26O2. The number of carbonyl (C=O) groups is 1. The number of carbonyl (C=O) groups excluding carboxylic acids is 1. The first-order valence-electron chi connectivity index (χ1n) is 7.20. The van der Waals surface area contributed by atoms with E-state index in [1.807, 2.05) is 13.0 Å². The highest BCUT2D eigenvalue weighted by Gasteiger charge is 2.16. The lowest BCUT2D eigenvalue weighted by Crippen LogP contribution is -2.05. The van der Waals surface area contributed by atoms with Crippen LogP contribution in [0, 0.1) is 13.8 Å². The van der Waals surface area contributed by atoms with Crippen molar-refractivity contribution >= 4 is 5.78 Å². The molecule has 2 heteroatoms. The molecule has 1 aromatic rings. The van der Waals surface area contributed by atoms with Gasteiger partial charge in [0.2, 0.25) is 0 Å². The van der Waals surface area contributed by atoms with Crippen LogP contribution in [-0.4, -0.2) is 12.9 Å². The molecule has 2 nitrogen and oxygen atoms in total. The number of ketones is 1. The van der Waals surface area contributed by atoms with Crippen LogP contribution in [0.1, 0.15) is 62.1 Å². The molecule has 0 saturated heterocycles. The first kappa shape index (κ1) is 15.7. The molecule has 0 aromatic heterocycles. The van der Waals surface area contributed by atoms with Gasteiger partial charge in [-0.1, -0.05) is 19.9 Å². The third-order valence-electron chi connectivity index (χ3n) is 4.10. The Kier molecular flexibility index (Phi) is 6.07. The monoisotopic (exact) mass is 262 g/mol. The number of Topliss-reactive ketones (excluding diaryl/α,β-unsaturated/α-hetero) is 1. The topological polar surface area (TPSA) is 26.3 Å². The Hall–Kier alpha value is -1.31. The van der Waals surface area contributed by atoms with Gasteiger partial charge in [-0.05, 0) is 55.4 Å². The summed E-state index contributed by atoms with van der Waals surface area (Å²) in [5, 5.41) is 0. The van der Waals surface area contributed by atoms with Crippen molar-refractivity contribution < 1.29 is 9.53 Å². The Balaban J connectivity index is 2.93. The first-order chi connectivity index (χ1) is 9.04. The highest BCUT2D eigenvalue weighted by Crippen LogP contribution is 2.32. The van der Waals surface area contributed by atoms with Gasteiger partial charge >= 0.3 is 0 Å². The molecule has 0 heterocycles. The average molecular weight is 262 g/mol. The predicted molar refractivity (Wildman–Crippen MR) is 80.0 cm³/mol. The maximum absolute atomic E-state index is 11.5. The highest BCUT2D eigenvalue weighted by atomic mass is 16.5. The third kappa shape index (κ3) is 3.82. The van der Waals surface area contributed by atoms with Gasteiger partial charge in [0, 0.05) is 12.8 Å². The van der Waals surface area contributed by atoms with Crippen LogP contribution in [0.2, 0.25) is 0 Å². The summed E-state index contributed by atoms with van der Waals surface area (Å²) >= 11 is 0. The van der Waals surface area contributed by atoms with Crippen molar-refractivity contribution in [3.8, 4) is 5.75 Å². The molecule has 0 fully saturated rings. The molecule has 19 heavy (non-hydrogen) atoms. The van der Waals surface area contributed by atoms with E-state index >= 15 is 0 Å². The molecule has 0 N–H and O–H groups in total. The summed E-state index contributed by atoms with van der Waals surface area (Å²) in [6, 6.07) is 4.20. The van der Waals surface area contributed by atoms with Crippen molar-refractivity contribution in [1.82, 2.24) is 0 Å². The standard InChI is InChI=1S/C17H26O2/c1-6-14(8-9-15(18)7-2)16-10-11-17(19-5)13(4)12(16)3/h10-11,14H,6-9H2,1-5H3. The molecule has 1 unspecified atom stereocenters. The second-order valence-electron chi connectivity index (χ2n) is 5.14. The summed E-state index contributed by atoms with van der Waals surface area (Å²) in [5.41, 5.74) is 3.88. The van der Waals surface area contributed by atoms with E-state index in [-0.39, 0.29) is 0 Å². The molecule has 0 bridgehead atoms. The number of rotatable bonds is 7. The Morgan fingerprint density at radius 3 is 2.42 bits per heavy atom. The van der Waals surface area contributed by atoms with Crippen LogP contribution >= 0.6 is 0 Å². The van der Waals surface area contributed by atoms with Gasteiger partial charge in [-0.25, -0.2) is 0 Å². The van der Waals surface area contributed by atoms with Crippen LogP contribution in [-0.2, 0) is 4.79 Å². The molecule has 0 aliphatic carbocycles. The van der Waals surface area contributed by atoms with Gasteiger partial charge in [0.15, 0.2) is 0 Å². The van der Waals surface area contributed by atoms with Crippen LogP contribution < -0.4 is 4.74 Å². The minimum atomic E-state index is 0.362. The van der Waals surface area contributed by atoms with Gasteiger partial charge in [-0.3, -0.25) is 4.79 Å². The average Bonchev–Trinajstić information content (AvgIpc) is 2.43. The maximum Gasteiger partial charge on any atom is 0.132 e. The van der Waals surface area contributed by atoms with E-state index in [0.29, 0.717) is 24.5 Å². The van der Waals surface area contributed by atoms with Gasteiger partial charge in [0.25, 0.3) is 0 Å². The van der Waals surface area contributed by atoms with Crippen molar-refractivity contribution in [1.29, 1.82) is 0 Å². The molecule has 0 radical (unpaired) electrons. The minimum Gasteiger partial charge on any atom is -0.496 e. The van der Waals surface area contributed by atoms with E-state index in [9.17, 15) is 4.79 Å². The molecule has 0 aliphatic rings. The van der Waals surface area contributed by atoms with E-state index in [0.717, 1.165) is 18.6 Å². The number of hydrogen-bond donors (Lipinski definition) is 0. The van der Waals surface area contributed by atoms with Gasteiger partial charge in [0.1, 0.15) is 11.5 Å². The Morgan fingerprint density at radius 1 is 1.21 bits per heavy atom. The fraction of sp³-hybridized carbons (Fsp3) is 0.588. The van der Waals surface area contributed by atoms with Crippen molar-refractivity contribution in [2.75, 3.05) is 7.11 Å². The number of hydrogen-bond acceptors (Lipinski definition) is 2. The van der Waals surface area contributed by atoms with Crippen molar-refractivity contribution in [2.24, 2.45) is 0 Å². The Bertz CT molecular complexity index is 435. The van der Waals surface area contributed by atoms with Gasteiger partial charge < -0.3 is 4.74 Å². The van der Waals surface area contributed by atoms with Crippen molar-refractivity contribution in [2.45, 2.75) is 59.3 Å². The van der Waals surface area contributed by atoms with Crippen molar-refractivity contribution in [3.05, 3.63) is 28.8 Å². The zero-order chi connectivity index (χ0) is 14.4. The van der Waals surface area contributed by atoms with Crippen molar-refractivity contribution in [3.63, 3.8) is 0 Å². The predicted octanol–water partition coefficient (Wildman–Crippen LogP) is 4.56. The zero-order valence-electron chi connectivity index (χ0n) is 12.9. The Labute approximate surface area is 117 Å². The summed E-state index contributed by atoms with van der Waals surface area (Å²) in [6.45, 7) is 8.38. The zero-order valence-corrected chi connectivity index (χ0v) is 12.9. The lowest BCUT2D eigenvalue weighted by molar-refractivity contribution is -0.118. The SMILES string of the molecule is CCC(=O)CCC(CC)c1ccc(OC)c(C)c1C. The number of methoxy groups -OCH3 is 1. The van der Waals surface area contributed by atoms with Gasteiger partial charge in [-0.2, -0.15) is 0 Å². The van der Waals surface area contributed by atoms with Crippen LogP contribution in [0.25, 0.3) is 0 Å². The van der Waals surface area contributed by atoms with Gasteiger partial charge in [0.05, 0.1) is 7.11 Å². The number of ether oxygens (including phenoxy) is 1. The van der Waals surface area contributed by atoms with Crippen LogP contribution in [0.5, 0.6) is 5.75 Å². The largest absolute Gasteiger partial charge is 0.496 e. The molecule has 1 rings (SSSR count). The van der Waals surface area contributed by atoms with E-state index < -0.39 is 0 Å². The molecule has 0 spiro atoms. The second-order valence-corrected chi connectivity index (χ2v) is 5.14. The lowest BCUT2D eigenvalue weighted by atomic mass is 9.86. The second kappa shape index (κ2) is 7.32. The molecule has 0 aliphatic heterocycles. The summed E-state index contributed by atoms with van der Waals surface area (Å²) in [7, 11) is 1.71. The molecule has 1 aromatic carbocycles. The molecular weight excluding hydrogens is 236 g/mol. The first-order valence-corrected chi connectivity index (χ1v) is 7.20. The summed E-state index contributed by atoms with van der Waals surface area (Å²) < 4.78 is 5.36. The van der Waals surface area contributed by atoms with Gasteiger partial charge in [-0.15, -0.1) is 0 Å². The molecule has 0 amide bonds. The Morgan fingerprint density at radius 2 is 1.89 bits per heavy atom. The number of benzene rings is 1. The van der Waals surface area contributed by atoms with E-state index in [4.69, 9.17) is 4.74 Å². The quantitative estimate of drug-likeness (QED) is 0.719. The van der Waals surface area contributed by atoms with Crippen LogP contribution in [0.15, 0.2) is 12.1 Å². The summed E-state index contributed by atoms with van der Waals surface area (Å²) in [4.78, 5) is 11.5. The maximum atomic E-state index is 11.5.